The third-order valence-electron chi connectivity index (χ3n) is 2.02. The lowest BCUT2D eigenvalue weighted by atomic mass is 9.98. The molecule has 0 fully saturated rings. The molecule has 1 nitrogen and oxygen atoms in total. The summed E-state index contributed by atoms with van der Waals surface area (Å²) in [7, 11) is 0. The van der Waals surface area contributed by atoms with E-state index in [1.807, 2.05) is 0 Å². The first-order valence-corrected chi connectivity index (χ1v) is 4.28. The number of hydrogen-bond donors (Lipinski definition) is 1. The van der Waals surface area contributed by atoms with Crippen LogP contribution >= 0.6 is 0 Å². The van der Waals surface area contributed by atoms with Gasteiger partial charge < -0.3 is 5.73 Å². The third kappa shape index (κ3) is 2.48. The molecule has 2 N–H and O–H groups in total. The zero-order chi connectivity index (χ0) is 10.8. The summed E-state index contributed by atoms with van der Waals surface area (Å²) in [5.74, 6) is -1.96. The van der Waals surface area contributed by atoms with Crippen molar-refractivity contribution in [2.75, 3.05) is 6.54 Å². The fourth-order valence-corrected chi connectivity index (χ4v) is 1.15. The van der Waals surface area contributed by atoms with Gasteiger partial charge >= 0.3 is 0 Å². The summed E-state index contributed by atoms with van der Waals surface area (Å²) in [4.78, 5) is 0. The lowest BCUT2D eigenvalue weighted by Crippen LogP contribution is -2.32. The number of nitrogens with two attached hydrogens (primary N) is 1. The summed E-state index contributed by atoms with van der Waals surface area (Å²) < 4.78 is 39.2. The Kier molecular flexibility index (Phi) is 3.16. The van der Waals surface area contributed by atoms with Crippen LogP contribution in [-0.4, -0.2) is 12.2 Å². The minimum Gasteiger partial charge on any atom is -0.328 e. The molecule has 0 aliphatic carbocycles. The van der Waals surface area contributed by atoms with Crippen LogP contribution in [0.5, 0.6) is 0 Å². The Morgan fingerprint density at radius 1 is 1.36 bits per heavy atom. The molecular weight excluding hydrogens is 191 g/mol. The number of alkyl halides is 1. The van der Waals surface area contributed by atoms with Crippen molar-refractivity contribution in [1.29, 1.82) is 0 Å². The second kappa shape index (κ2) is 4.00. The molecule has 0 aliphatic rings. The smallest absolute Gasteiger partial charge is 0.162 e. The van der Waals surface area contributed by atoms with E-state index in [0.29, 0.717) is 0 Å². The highest BCUT2D eigenvalue weighted by Gasteiger charge is 2.23. The van der Waals surface area contributed by atoms with Crippen molar-refractivity contribution in [3.8, 4) is 0 Å². The van der Waals surface area contributed by atoms with E-state index in [1.165, 1.54) is 19.1 Å². The van der Waals surface area contributed by atoms with Crippen LogP contribution < -0.4 is 5.73 Å². The second-order valence-electron chi connectivity index (χ2n) is 3.51. The monoisotopic (exact) mass is 203 g/mol. The number of halogens is 3. The lowest BCUT2D eigenvalue weighted by molar-refractivity contribution is 0.197. The Bertz CT molecular complexity index is 323. The summed E-state index contributed by atoms with van der Waals surface area (Å²) in [5.41, 5.74) is 3.47. The van der Waals surface area contributed by atoms with Crippen molar-refractivity contribution in [1.82, 2.24) is 0 Å². The average molecular weight is 203 g/mol. The first kappa shape index (κ1) is 11.0. The van der Waals surface area contributed by atoms with Gasteiger partial charge in [0.05, 0.1) is 0 Å². The van der Waals surface area contributed by atoms with E-state index in [2.05, 4.69) is 0 Å². The Morgan fingerprint density at radius 3 is 2.57 bits per heavy atom. The van der Waals surface area contributed by atoms with Crippen LogP contribution in [0.3, 0.4) is 0 Å². The maximum atomic E-state index is 13.4. The van der Waals surface area contributed by atoms with Gasteiger partial charge in [-0.3, -0.25) is 0 Å². The fraction of sp³-hybridized carbons (Fsp3) is 0.400. The Labute approximate surface area is 80.7 Å². The Morgan fingerprint density at radius 2 is 2.00 bits per heavy atom. The van der Waals surface area contributed by atoms with Gasteiger partial charge in [-0.05, 0) is 18.6 Å². The molecule has 1 aromatic rings. The predicted molar refractivity (Wildman–Crippen MR) is 48.6 cm³/mol. The van der Waals surface area contributed by atoms with Gasteiger partial charge in [0.1, 0.15) is 5.67 Å². The van der Waals surface area contributed by atoms with Crippen molar-refractivity contribution < 1.29 is 13.2 Å². The molecule has 1 atom stereocenters. The number of benzene rings is 1. The van der Waals surface area contributed by atoms with E-state index in [4.69, 9.17) is 5.73 Å². The molecule has 0 heterocycles. The SMILES string of the molecule is CC(F)(CN)Cc1cccc(F)c1F. The fourth-order valence-electron chi connectivity index (χ4n) is 1.15. The molecule has 0 aliphatic heterocycles. The van der Waals surface area contributed by atoms with Gasteiger partial charge in [0.25, 0.3) is 0 Å². The summed E-state index contributed by atoms with van der Waals surface area (Å²) in [6.45, 7) is 1.04. The zero-order valence-electron chi connectivity index (χ0n) is 7.86. The van der Waals surface area contributed by atoms with Crippen molar-refractivity contribution in [2.45, 2.75) is 19.0 Å². The molecule has 1 aromatic carbocycles. The molecule has 0 bridgehead atoms. The molecule has 14 heavy (non-hydrogen) atoms. The summed E-state index contributed by atoms with van der Waals surface area (Å²) in [5, 5.41) is 0. The Balaban J connectivity index is 2.92. The van der Waals surface area contributed by atoms with Crippen molar-refractivity contribution in [3.05, 3.63) is 35.4 Å². The summed E-state index contributed by atoms with van der Waals surface area (Å²) in [6, 6.07) is 3.70. The van der Waals surface area contributed by atoms with Crippen LogP contribution in [0.4, 0.5) is 13.2 Å². The topological polar surface area (TPSA) is 26.0 Å². The molecule has 0 amide bonds. The van der Waals surface area contributed by atoms with Crippen LogP contribution in [0.15, 0.2) is 18.2 Å². The van der Waals surface area contributed by atoms with E-state index in [9.17, 15) is 13.2 Å². The molecule has 78 valence electrons. The Hall–Kier alpha value is -1.03. The molecule has 0 saturated carbocycles. The second-order valence-corrected chi connectivity index (χ2v) is 3.51. The molecule has 0 aromatic heterocycles. The van der Waals surface area contributed by atoms with Crippen LogP contribution in [0.1, 0.15) is 12.5 Å². The minimum absolute atomic E-state index is 0.0143. The van der Waals surface area contributed by atoms with Crippen molar-refractivity contribution >= 4 is 0 Å². The number of hydrogen-bond acceptors (Lipinski definition) is 1. The maximum Gasteiger partial charge on any atom is 0.162 e. The zero-order valence-corrected chi connectivity index (χ0v) is 7.86. The molecule has 0 spiro atoms. The van der Waals surface area contributed by atoms with Crippen molar-refractivity contribution in [2.24, 2.45) is 5.73 Å². The van der Waals surface area contributed by atoms with E-state index in [1.54, 1.807) is 0 Å². The van der Waals surface area contributed by atoms with Crippen LogP contribution in [0.2, 0.25) is 0 Å². The summed E-state index contributed by atoms with van der Waals surface area (Å²) in [6.07, 6.45) is -0.215. The molecule has 1 rings (SSSR count). The van der Waals surface area contributed by atoms with E-state index < -0.39 is 17.3 Å². The average Bonchev–Trinajstić information content (AvgIpc) is 2.13. The first-order chi connectivity index (χ1) is 6.46. The van der Waals surface area contributed by atoms with E-state index in [0.717, 1.165) is 6.07 Å². The molecule has 0 radical (unpaired) electrons. The molecule has 1 unspecified atom stereocenters. The molecule has 0 saturated heterocycles. The highest BCUT2D eigenvalue weighted by atomic mass is 19.2. The van der Waals surface area contributed by atoms with Gasteiger partial charge in [-0.1, -0.05) is 12.1 Å². The quantitative estimate of drug-likeness (QED) is 0.800. The minimum atomic E-state index is -1.70. The van der Waals surface area contributed by atoms with Gasteiger partial charge in [0.2, 0.25) is 0 Å². The largest absolute Gasteiger partial charge is 0.328 e. The normalized spacial score (nSPS) is 15.2. The predicted octanol–water partition coefficient (Wildman–Crippen LogP) is 2.19. The van der Waals surface area contributed by atoms with Crippen LogP contribution in [0, 0.1) is 11.6 Å². The standard InChI is InChI=1S/C10H12F3N/c1-10(13,6-14)5-7-3-2-4-8(11)9(7)12/h2-4H,5-6,14H2,1H3. The van der Waals surface area contributed by atoms with Crippen molar-refractivity contribution in [3.63, 3.8) is 0 Å². The van der Waals surface area contributed by atoms with Gasteiger partial charge in [0.15, 0.2) is 11.6 Å². The number of rotatable bonds is 3. The molecular formula is C10H12F3N. The van der Waals surface area contributed by atoms with Gasteiger partial charge in [-0.15, -0.1) is 0 Å². The highest BCUT2D eigenvalue weighted by Crippen LogP contribution is 2.20. The molecule has 4 heteroatoms. The maximum absolute atomic E-state index is 13.4. The summed E-state index contributed by atoms with van der Waals surface area (Å²) >= 11 is 0. The highest BCUT2D eigenvalue weighted by molar-refractivity contribution is 5.20. The third-order valence-corrected chi connectivity index (χ3v) is 2.02. The lowest BCUT2D eigenvalue weighted by Gasteiger charge is -2.18. The van der Waals surface area contributed by atoms with E-state index in [-0.39, 0.29) is 18.5 Å². The van der Waals surface area contributed by atoms with Gasteiger partial charge in [0, 0.05) is 13.0 Å². The first-order valence-electron chi connectivity index (χ1n) is 4.28. The van der Waals surface area contributed by atoms with E-state index >= 15 is 0 Å². The van der Waals surface area contributed by atoms with Crippen LogP contribution in [-0.2, 0) is 6.42 Å². The van der Waals surface area contributed by atoms with Gasteiger partial charge in [-0.2, -0.15) is 0 Å². The van der Waals surface area contributed by atoms with Crippen LogP contribution in [0.25, 0.3) is 0 Å². The van der Waals surface area contributed by atoms with Gasteiger partial charge in [-0.25, -0.2) is 13.2 Å².